The summed E-state index contributed by atoms with van der Waals surface area (Å²) in [6.07, 6.45) is 6.10. The summed E-state index contributed by atoms with van der Waals surface area (Å²) in [5.74, 6) is -0.298. The molecule has 3 rings (SSSR count). The van der Waals surface area contributed by atoms with Crippen molar-refractivity contribution in [3.8, 4) is 0 Å². The summed E-state index contributed by atoms with van der Waals surface area (Å²) in [5.41, 5.74) is 2.99. The molecule has 1 aliphatic heterocycles. The molecule has 5 heteroatoms. The van der Waals surface area contributed by atoms with Crippen LogP contribution in [-0.4, -0.2) is 29.0 Å². The fourth-order valence-corrected chi connectivity index (χ4v) is 3.48. The molecule has 0 bridgehead atoms. The maximum absolute atomic E-state index is 12.2. The smallest absolute Gasteiger partial charge is 0.359 e. The van der Waals surface area contributed by atoms with Crippen molar-refractivity contribution in [2.24, 2.45) is 5.41 Å². The van der Waals surface area contributed by atoms with Crippen LogP contribution in [0.4, 0.5) is 0 Å². The van der Waals surface area contributed by atoms with E-state index in [2.05, 4.69) is 18.9 Å². The second-order valence-electron chi connectivity index (χ2n) is 7.10. The lowest BCUT2D eigenvalue weighted by molar-refractivity contribution is -0.0421. The molecule has 22 heavy (non-hydrogen) atoms. The zero-order valence-corrected chi connectivity index (χ0v) is 13.9. The van der Waals surface area contributed by atoms with E-state index in [1.165, 1.54) is 5.69 Å². The molecular formula is C17H26N2O3. The molecule has 0 radical (unpaired) electrons. The summed E-state index contributed by atoms with van der Waals surface area (Å²) in [5, 5.41) is 4.62. The minimum atomic E-state index is -0.298. The standard InChI is InChI=1S/C17H26N2O3/c1-4-21-16(20)15-12-8-9-17(2,3)11-13(12)19(18-15)14-7-5-6-10-22-14/h14H,4-11H2,1-3H3. The zero-order valence-electron chi connectivity index (χ0n) is 13.9. The van der Waals surface area contributed by atoms with Gasteiger partial charge in [-0.1, -0.05) is 13.8 Å². The van der Waals surface area contributed by atoms with Crippen molar-refractivity contribution in [1.82, 2.24) is 9.78 Å². The third-order valence-corrected chi connectivity index (χ3v) is 4.71. The number of nitrogens with zero attached hydrogens (tertiary/aromatic N) is 2. The van der Waals surface area contributed by atoms with Crippen LogP contribution in [0.1, 0.15) is 74.4 Å². The number of rotatable bonds is 3. The van der Waals surface area contributed by atoms with Crippen LogP contribution in [-0.2, 0) is 22.3 Å². The average molecular weight is 306 g/mol. The Morgan fingerprint density at radius 1 is 1.45 bits per heavy atom. The van der Waals surface area contributed by atoms with Gasteiger partial charge in [0, 0.05) is 17.9 Å². The van der Waals surface area contributed by atoms with E-state index in [4.69, 9.17) is 9.47 Å². The highest BCUT2D eigenvalue weighted by atomic mass is 16.5. The summed E-state index contributed by atoms with van der Waals surface area (Å²) in [6, 6.07) is 0. The number of carbonyl (C=O) groups excluding carboxylic acids is 1. The molecule has 1 atom stereocenters. The van der Waals surface area contributed by atoms with Crippen LogP contribution >= 0.6 is 0 Å². The van der Waals surface area contributed by atoms with Gasteiger partial charge < -0.3 is 9.47 Å². The van der Waals surface area contributed by atoms with Gasteiger partial charge in [-0.15, -0.1) is 0 Å². The van der Waals surface area contributed by atoms with Gasteiger partial charge in [-0.3, -0.25) is 0 Å². The Hall–Kier alpha value is -1.36. The van der Waals surface area contributed by atoms with E-state index < -0.39 is 0 Å². The monoisotopic (exact) mass is 306 g/mol. The molecule has 1 unspecified atom stereocenters. The number of ether oxygens (including phenoxy) is 2. The summed E-state index contributed by atoms with van der Waals surface area (Å²) < 4.78 is 13.1. The second-order valence-corrected chi connectivity index (χ2v) is 7.10. The van der Waals surface area contributed by atoms with Gasteiger partial charge in [0.15, 0.2) is 5.69 Å². The SMILES string of the molecule is CCOC(=O)c1nn(C2CCCCO2)c2c1CCC(C)(C)C2. The molecule has 0 aromatic carbocycles. The minimum absolute atomic E-state index is 0.0282. The van der Waals surface area contributed by atoms with E-state index in [9.17, 15) is 4.79 Å². The topological polar surface area (TPSA) is 53.3 Å². The van der Waals surface area contributed by atoms with E-state index in [-0.39, 0.29) is 17.6 Å². The fraction of sp³-hybridized carbons (Fsp3) is 0.765. The minimum Gasteiger partial charge on any atom is -0.461 e. The van der Waals surface area contributed by atoms with E-state index in [0.29, 0.717) is 12.3 Å². The molecule has 122 valence electrons. The van der Waals surface area contributed by atoms with Crippen molar-refractivity contribution in [1.29, 1.82) is 0 Å². The molecule has 0 spiro atoms. The Morgan fingerprint density at radius 3 is 2.95 bits per heavy atom. The van der Waals surface area contributed by atoms with Gasteiger partial charge in [-0.05, 0) is 50.9 Å². The normalized spacial score (nSPS) is 23.9. The number of carbonyl (C=O) groups is 1. The van der Waals surface area contributed by atoms with Crippen molar-refractivity contribution in [3.05, 3.63) is 17.0 Å². The fourth-order valence-electron chi connectivity index (χ4n) is 3.48. The highest BCUT2D eigenvalue weighted by molar-refractivity contribution is 5.89. The first kappa shape index (κ1) is 15.5. The van der Waals surface area contributed by atoms with E-state index in [0.717, 1.165) is 50.7 Å². The van der Waals surface area contributed by atoms with Gasteiger partial charge >= 0.3 is 5.97 Å². The predicted molar refractivity (Wildman–Crippen MR) is 82.8 cm³/mol. The zero-order chi connectivity index (χ0) is 15.7. The lowest BCUT2D eigenvalue weighted by atomic mass is 9.76. The largest absolute Gasteiger partial charge is 0.461 e. The van der Waals surface area contributed by atoms with Crippen molar-refractivity contribution in [3.63, 3.8) is 0 Å². The molecule has 1 aliphatic carbocycles. The molecule has 1 fully saturated rings. The van der Waals surface area contributed by atoms with Crippen molar-refractivity contribution >= 4 is 5.97 Å². The molecule has 2 heterocycles. The van der Waals surface area contributed by atoms with E-state index in [1.54, 1.807) is 0 Å². The molecule has 1 aromatic rings. The Kier molecular flexibility index (Phi) is 4.26. The molecule has 2 aliphatic rings. The van der Waals surface area contributed by atoms with Crippen LogP contribution in [0.5, 0.6) is 0 Å². The summed E-state index contributed by atoms with van der Waals surface area (Å²) >= 11 is 0. The molecule has 0 N–H and O–H groups in total. The summed E-state index contributed by atoms with van der Waals surface area (Å²) in [6.45, 7) is 7.54. The van der Waals surface area contributed by atoms with Crippen LogP contribution in [0.15, 0.2) is 0 Å². The Morgan fingerprint density at radius 2 is 2.27 bits per heavy atom. The summed E-state index contributed by atoms with van der Waals surface area (Å²) in [4.78, 5) is 12.2. The van der Waals surface area contributed by atoms with Gasteiger partial charge in [0.05, 0.1) is 6.61 Å². The molecule has 1 aromatic heterocycles. The van der Waals surface area contributed by atoms with Crippen LogP contribution < -0.4 is 0 Å². The summed E-state index contributed by atoms with van der Waals surface area (Å²) in [7, 11) is 0. The molecular weight excluding hydrogens is 280 g/mol. The average Bonchev–Trinajstić information content (AvgIpc) is 2.86. The molecule has 0 amide bonds. The van der Waals surface area contributed by atoms with Gasteiger partial charge in [-0.25, -0.2) is 9.48 Å². The Balaban J connectivity index is 1.99. The highest BCUT2D eigenvalue weighted by Gasteiger charge is 2.35. The van der Waals surface area contributed by atoms with E-state index in [1.807, 2.05) is 11.6 Å². The first-order chi connectivity index (χ1) is 10.5. The van der Waals surface area contributed by atoms with Crippen LogP contribution in [0.25, 0.3) is 0 Å². The number of hydrogen-bond acceptors (Lipinski definition) is 4. The third kappa shape index (κ3) is 2.91. The Labute approximate surface area is 132 Å². The number of hydrogen-bond donors (Lipinski definition) is 0. The molecule has 1 saturated heterocycles. The lowest BCUT2D eigenvalue weighted by Gasteiger charge is -2.32. The van der Waals surface area contributed by atoms with Crippen LogP contribution in [0, 0.1) is 5.41 Å². The maximum Gasteiger partial charge on any atom is 0.359 e. The van der Waals surface area contributed by atoms with Crippen LogP contribution in [0.3, 0.4) is 0 Å². The number of esters is 1. The maximum atomic E-state index is 12.2. The molecule has 0 saturated carbocycles. The second kappa shape index (κ2) is 6.03. The van der Waals surface area contributed by atoms with Gasteiger partial charge in [-0.2, -0.15) is 5.10 Å². The quantitative estimate of drug-likeness (QED) is 0.804. The van der Waals surface area contributed by atoms with Crippen molar-refractivity contribution in [2.45, 2.75) is 65.5 Å². The Bertz CT molecular complexity index is 556. The predicted octanol–water partition coefficient (Wildman–Crippen LogP) is 3.27. The van der Waals surface area contributed by atoms with Gasteiger partial charge in [0.2, 0.25) is 0 Å². The van der Waals surface area contributed by atoms with Gasteiger partial charge in [0.25, 0.3) is 0 Å². The van der Waals surface area contributed by atoms with Crippen molar-refractivity contribution < 1.29 is 14.3 Å². The van der Waals surface area contributed by atoms with Crippen LogP contribution in [0.2, 0.25) is 0 Å². The molecule has 5 nitrogen and oxygen atoms in total. The van der Waals surface area contributed by atoms with E-state index >= 15 is 0 Å². The highest BCUT2D eigenvalue weighted by Crippen LogP contribution is 2.38. The third-order valence-electron chi connectivity index (χ3n) is 4.71. The first-order valence-corrected chi connectivity index (χ1v) is 8.41. The number of aromatic nitrogens is 2. The van der Waals surface area contributed by atoms with Gasteiger partial charge in [0.1, 0.15) is 6.23 Å². The van der Waals surface area contributed by atoms with Crippen molar-refractivity contribution in [2.75, 3.05) is 13.2 Å². The number of fused-ring (bicyclic) bond motifs is 1. The lowest BCUT2D eigenvalue weighted by Crippen LogP contribution is -2.27. The first-order valence-electron chi connectivity index (χ1n) is 8.41.